The van der Waals surface area contributed by atoms with Gasteiger partial charge in [0.25, 0.3) is 0 Å². The highest BCUT2D eigenvalue weighted by Gasteiger charge is 2.11. The Balaban J connectivity index is 0.00000441. The molecule has 1 aromatic rings. The molecule has 0 atom stereocenters. The molecule has 0 heterocycles. The molecule has 0 aromatic heterocycles. The van der Waals surface area contributed by atoms with Crippen LogP contribution in [0.1, 0.15) is 26.3 Å². The largest absolute Gasteiger partial charge is 0.490 e. The number of benzene rings is 1. The highest BCUT2D eigenvalue weighted by atomic mass is 127. The lowest BCUT2D eigenvalue weighted by Gasteiger charge is -2.12. The molecule has 0 unspecified atom stereocenters. The van der Waals surface area contributed by atoms with E-state index in [0.717, 1.165) is 5.56 Å². The Kier molecular flexibility index (Phi) is 9.79. The molecule has 0 spiro atoms. The number of halogens is 3. The lowest BCUT2D eigenvalue weighted by atomic mass is 10.2. The first-order valence-corrected chi connectivity index (χ1v) is 6.69. The van der Waals surface area contributed by atoms with Gasteiger partial charge in [0, 0.05) is 6.04 Å². The van der Waals surface area contributed by atoms with Crippen LogP contribution in [0.3, 0.4) is 0 Å². The van der Waals surface area contributed by atoms with E-state index in [1.165, 1.54) is 6.07 Å². The molecular weight excluding hydrogens is 407 g/mol. The molecule has 0 saturated carbocycles. The average molecular weight is 429 g/mol. The second-order valence-corrected chi connectivity index (χ2v) is 4.59. The van der Waals surface area contributed by atoms with Crippen LogP contribution in [0.15, 0.2) is 23.2 Å². The first kappa shape index (κ1) is 20.7. The number of nitrogens with zero attached hydrogens (tertiary/aromatic N) is 1. The molecule has 1 rings (SSSR count). The van der Waals surface area contributed by atoms with Crippen molar-refractivity contribution in [2.45, 2.75) is 40.0 Å². The summed E-state index contributed by atoms with van der Waals surface area (Å²) in [6.07, 6.45) is 0. The summed E-state index contributed by atoms with van der Waals surface area (Å²) < 4.78 is 34.3. The van der Waals surface area contributed by atoms with E-state index < -0.39 is 6.61 Å². The maximum atomic E-state index is 12.3. The van der Waals surface area contributed by atoms with Gasteiger partial charge in [-0.05, 0) is 38.5 Å². The fraction of sp³-hybridized carbons (Fsp3) is 0.500. The molecule has 0 aliphatic heterocycles. The van der Waals surface area contributed by atoms with Crippen molar-refractivity contribution < 1.29 is 18.3 Å². The topological polar surface area (TPSA) is 68.9 Å². The fourth-order valence-corrected chi connectivity index (χ4v) is 1.63. The zero-order valence-electron chi connectivity index (χ0n) is 12.8. The minimum atomic E-state index is -2.89. The number of guanidine groups is 1. The van der Waals surface area contributed by atoms with E-state index in [1.54, 1.807) is 19.1 Å². The number of hydrogen-bond acceptors (Lipinski definition) is 3. The normalized spacial score (nSPS) is 11.3. The number of hydrogen-bond donors (Lipinski definition) is 2. The Hall–Kier alpha value is -1.32. The second-order valence-electron chi connectivity index (χ2n) is 4.59. The van der Waals surface area contributed by atoms with Gasteiger partial charge in [-0.15, -0.1) is 24.0 Å². The smallest absolute Gasteiger partial charge is 0.387 e. The molecule has 0 radical (unpaired) electrons. The third-order valence-corrected chi connectivity index (χ3v) is 2.39. The predicted molar refractivity (Wildman–Crippen MR) is 93.3 cm³/mol. The van der Waals surface area contributed by atoms with E-state index >= 15 is 0 Å². The molecule has 3 N–H and O–H groups in total. The Morgan fingerprint density at radius 2 is 2.00 bits per heavy atom. The molecule has 0 amide bonds. The Morgan fingerprint density at radius 1 is 1.32 bits per heavy atom. The van der Waals surface area contributed by atoms with E-state index in [0.29, 0.717) is 19.1 Å². The van der Waals surface area contributed by atoms with Crippen molar-refractivity contribution in [1.82, 2.24) is 5.32 Å². The van der Waals surface area contributed by atoms with Crippen LogP contribution in [-0.2, 0) is 6.54 Å². The molecule has 22 heavy (non-hydrogen) atoms. The summed E-state index contributed by atoms with van der Waals surface area (Å²) in [5.74, 6) is 0.601. The van der Waals surface area contributed by atoms with Crippen LogP contribution in [0.2, 0.25) is 0 Å². The van der Waals surface area contributed by atoms with Crippen molar-refractivity contribution in [2.24, 2.45) is 10.7 Å². The highest BCUT2D eigenvalue weighted by molar-refractivity contribution is 14.0. The van der Waals surface area contributed by atoms with Gasteiger partial charge in [-0.3, -0.25) is 0 Å². The van der Waals surface area contributed by atoms with Crippen molar-refractivity contribution >= 4 is 29.9 Å². The molecule has 0 aliphatic rings. The van der Waals surface area contributed by atoms with Gasteiger partial charge in [-0.2, -0.15) is 8.78 Å². The van der Waals surface area contributed by atoms with Crippen molar-refractivity contribution in [3.05, 3.63) is 23.8 Å². The molecule has 126 valence electrons. The van der Waals surface area contributed by atoms with E-state index in [2.05, 4.69) is 15.0 Å². The molecule has 0 bridgehead atoms. The second kappa shape index (κ2) is 10.4. The first-order chi connectivity index (χ1) is 9.92. The van der Waals surface area contributed by atoms with E-state index in [1.807, 2.05) is 13.8 Å². The number of rotatable bonds is 7. The standard InChI is InChI=1S/C14H21F2N3O2.HI/c1-4-20-12-7-10(5-6-11(12)21-13(15)16)8-18-14(17)19-9(2)3;/h5-7,9,13H,4,8H2,1-3H3,(H3,17,18,19);1H. The summed E-state index contributed by atoms with van der Waals surface area (Å²) in [6.45, 7) is 3.45. The minimum Gasteiger partial charge on any atom is -0.490 e. The highest BCUT2D eigenvalue weighted by Crippen LogP contribution is 2.30. The SMILES string of the molecule is CCOc1cc(CN=C(N)NC(C)C)ccc1OC(F)F.I. The van der Waals surface area contributed by atoms with Crippen LogP contribution >= 0.6 is 24.0 Å². The molecule has 0 fully saturated rings. The zero-order valence-corrected chi connectivity index (χ0v) is 15.1. The number of alkyl halides is 2. The fourth-order valence-electron chi connectivity index (χ4n) is 1.63. The van der Waals surface area contributed by atoms with Gasteiger partial charge in [0.2, 0.25) is 0 Å². The van der Waals surface area contributed by atoms with Crippen molar-refractivity contribution in [3.8, 4) is 11.5 Å². The van der Waals surface area contributed by atoms with Crippen LogP contribution in [0, 0.1) is 0 Å². The predicted octanol–water partition coefficient (Wildman–Crippen LogP) is 3.12. The van der Waals surface area contributed by atoms with Gasteiger partial charge in [0.15, 0.2) is 17.5 Å². The summed E-state index contributed by atoms with van der Waals surface area (Å²) in [4.78, 5) is 4.17. The minimum absolute atomic E-state index is 0. The Morgan fingerprint density at radius 3 is 2.55 bits per heavy atom. The van der Waals surface area contributed by atoms with Crippen LogP contribution < -0.4 is 20.5 Å². The molecule has 0 aliphatic carbocycles. The van der Waals surface area contributed by atoms with E-state index in [-0.39, 0.29) is 41.5 Å². The van der Waals surface area contributed by atoms with Crippen molar-refractivity contribution in [3.63, 3.8) is 0 Å². The maximum absolute atomic E-state index is 12.3. The monoisotopic (exact) mass is 429 g/mol. The number of ether oxygens (including phenoxy) is 2. The lowest BCUT2D eigenvalue weighted by molar-refractivity contribution is -0.0514. The molecular formula is C14H22F2IN3O2. The third-order valence-electron chi connectivity index (χ3n) is 2.39. The van der Waals surface area contributed by atoms with E-state index in [9.17, 15) is 8.78 Å². The number of nitrogens with one attached hydrogen (secondary N) is 1. The first-order valence-electron chi connectivity index (χ1n) is 6.69. The summed E-state index contributed by atoms with van der Waals surface area (Å²) in [5.41, 5.74) is 6.48. The van der Waals surface area contributed by atoms with E-state index in [4.69, 9.17) is 10.5 Å². The average Bonchev–Trinajstić information content (AvgIpc) is 2.38. The van der Waals surface area contributed by atoms with Gasteiger partial charge >= 0.3 is 6.61 Å². The molecule has 8 heteroatoms. The Labute approximate surface area is 146 Å². The third kappa shape index (κ3) is 7.62. The molecule has 1 aromatic carbocycles. The summed E-state index contributed by atoms with van der Waals surface area (Å²) >= 11 is 0. The van der Waals surface area contributed by atoms with Gasteiger partial charge < -0.3 is 20.5 Å². The molecule has 5 nitrogen and oxygen atoms in total. The van der Waals surface area contributed by atoms with Crippen LogP contribution in [0.25, 0.3) is 0 Å². The summed E-state index contributed by atoms with van der Waals surface area (Å²) in [7, 11) is 0. The number of nitrogens with two attached hydrogens (primary N) is 1. The zero-order chi connectivity index (χ0) is 15.8. The quantitative estimate of drug-likeness (QED) is 0.397. The van der Waals surface area contributed by atoms with Crippen molar-refractivity contribution in [1.29, 1.82) is 0 Å². The number of aliphatic imine (C=N–C) groups is 1. The summed E-state index contributed by atoms with van der Waals surface area (Å²) in [6, 6.07) is 4.89. The van der Waals surface area contributed by atoms with Gasteiger partial charge in [0.05, 0.1) is 13.2 Å². The van der Waals surface area contributed by atoms with Crippen LogP contribution in [-0.4, -0.2) is 25.2 Å². The van der Waals surface area contributed by atoms with Crippen LogP contribution in [0.5, 0.6) is 11.5 Å². The molecule has 0 saturated heterocycles. The van der Waals surface area contributed by atoms with Crippen molar-refractivity contribution in [2.75, 3.05) is 6.61 Å². The maximum Gasteiger partial charge on any atom is 0.387 e. The van der Waals surface area contributed by atoms with Crippen LogP contribution in [0.4, 0.5) is 8.78 Å². The van der Waals surface area contributed by atoms with Gasteiger partial charge in [-0.1, -0.05) is 6.07 Å². The summed E-state index contributed by atoms with van der Waals surface area (Å²) in [5, 5.41) is 2.96. The lowest BCUT2D eigenvalue weighted by Crippen LogP contribution is -2.36. The van der Waals surface area contributed by atoms with Gasteiger partial charge in [-0.25, -0.2) is 4.99 Å². The Bertz CT molecular complexity index is 485. The van der Waals surface area contributed by atoms with Gasteiger partial charge in [0.1, 0.15) is 0 Å².